The van der Waals surface area contributed by atoms with Crippen LogP contribution in [0.4, 0.5) is 5.69 Å². The molecule has 1 aromatic rings. The maximum absolute atomic E-state index is 5.88. The summed E-state index contributed by atoms with van der Waals surface area (Å²) in [7, 11) is 0. The molecule has 0 aliphatic carbocycles. The summed E-state index contributed by atoms with van der Waals surface area (Å²) in [5, 5.41) is 0.700. The normalized spacial score (nSPS) is 13.1. The van der Waals surface area contributed by atoms with Gasteiger partial charge in [0, 0.05) is 16.7 Å². The molecular formula is C13H21NS. The van der Waals surface area contributed by atoms with Gasteiger partial charge in [-0.2, -0.15) is 11.8 Å². The van der Waals surface area contributed by atoms with E-state index >= 15 is 0 Å². The van der Waals surface area contributed by atoms with Crippen LogP contribution in [0.25, 0.3) is 0 Å². The summed E-state index contributed by atoms with van der Waals surface area (Å²) >= 11 is 2.00. The Bertz CT molecular complexity index is 320. The average Bonchev–Trinajstić information content (AvgIpc) is 2.19. The van der Waals surface area contributed by atoms with Gasteiger partial charge >= 0.3 is 0 Å². The Hall–Kier alpha value is -0.630. The van der Waals surface area contributed by atoms with Gasteiger partial charge in [0.25, 0.3) is 0 Å². The predicted molar refractivity (Wildman–Crippen MR) is 71.2 cm³/mol. The van der Waals surface area contributed by atoms with Crippen molar-refractivity contribution >= 4 is 17.4 Å². The number of benzene rings is 1. The molecule has 0 aliphatic heterocycles. The maximum atomic E-state index is 5.88. The zero-order chi connectivity index (χ0) is 11.4. The SMILES string of the molecule is Cc1c(N)cccc1CSC(C)C(C)C. The molecule has 0 spiro atoms. The summed E-state index contributed by atoms with van der Waals surface area (Å²) in [5.74, 6) is 1.80. The van der Waals surface area contributed by atoms with Crippen molar-refractivity contribution in [2.24, 2.45) is 5.92 Å². The van der Waals surface area contributed by atoms with E-state index in [2.05, 4.69) is 33.8 Å². The van der Waals surface area contributed by atoms with Crippen LogP contribution in [0.5, 0.6) is 0 Å². The first-order chi connectivity index (χ1) is 7.02. The molecule has 0 aromatic heterocycles. The quantitative estimate of drug-likeness (QED) is 0.784. The number of hydrogen-bond donors (Lipinski definition) is 1. The molecule has 2 heteroatoms. The molecule has 0 bridgehead atoms. The summed E-state index contributed by atoms with van der Waals surface area (Å²) in [6, 6.07) is 6.18. The lowest BCUT2D eigenvalue weighted by Crippen LogP contribution is -2.06. The topological polar surface area (TPSA) is 26.0 Å². The van der Waals surface area contributed by atoms with Crippen LogP contribution in [0.2, 0.25) is 0 Å². The van der Waals surface area contributed by atoms with Crippen molar-refractivity contribution in [2.45, 2.75) is 38.7 Å². The third-order valence-electron chi connectivity index (χ3n) is 2.93. The number of hydrogen-bond acceptors (Lipinski definition) is 2. The van der Waals surface area contributed by atoms with E-state index in [9.17, 15) is 0 Å². The number of rotatable bonds is 4. The second-order valence-electron chi connectivity index (χ2n) is 4.39. The molecule has 0 saturated heterocycles. The Morgan fingerprint density at radius 1 is 1.27 bits per heavy atom. The van der Waals surface area contributed by atoms with Gasteiger partial charge in [-0.1, -0.05) is 32.9 Å². The van der Waals surface area contributed by atoms with Crippen LogP contribution in [-0.4, -0.2) is 5.25 Å². The van der Waals surface area contributed by atoms with Crippen LogP contribution < -0.4 is 5.73 Å². The summed E-state index contributed by atoms with van der Waals surface area (Å²) in [6.45, 7) is 8.93. The molecule has 1 aromatic carbocycles. The Labute approximate surface area is 97.4 Å². The van der Waals surface area contributed by atoms with Gasteiger partial charge in [0.2, 0.25) is 0 Å². The van der Waals surface area contributed by atoms with Gasteiger partial charge in [-0.3, -0.25) is 0 Å². The minimum absolute atomic E-state index is 0.700. The lowest BCUT2D eigenvalue weighted by molar-refractivity contribution is 0.642. The van der Waals surface area contributed by atoms with Crippen molar-refractivity contribution in [3.8, 4) is 0 Å². The number of thioether (sulfide) groups is 1. The van der Waals surface area contributed by atoms with Crippen molar-refractivity contribution in [3.63, 3.8) is 0 Å². The highest BCUT2D eigenvalue weighted by atomic mass is 32.2. The first kappa shape index (κ1) is 12.4. The van der Waals surface area contributed by atoms with Crippen LogP contribution in [0.15, 0.2) is 18.2 Å². The summed E-state index contributed by atoms with van der Waals surface area (Å²) in [4.78, 5) is 0. The molecule has 0 aliphatic rings. The second-order valence-corrected chi connectivity index (χ2v) is 5.76. The fraction of sp³-hybridized carbons (Fsp3) is 0.538. The van der Waals surface area contributed by atoms with E-state index in [4.69, 9.17) is 5.73 Å². The largest absolute Gasteiger partial charge is 0.399 e. The van der Waals surface area contributed by atoms with Crippen LogP contribution in [0, 0.1) is 12.8 Å². The van der Waals surface area contributed by atoms with Crippen LogP contribution in [0.3, 0.4) is 0 Å². The highest BCUT2D eigenvalue weighted by Crippen LogP contribution is 2.26. The van der Waals surface area contributed by atoms with Crippen molar-refractivity contribution in [1.29, 1.82) is 0 Å². The first-order valence-electron chi connectivity index (χ1n) is 5.48. The Balaban J connectivity index is 2.62. The molecule has 84 valence electrons. The van der Waals surface area contributed by atoms with E-state index in [-0.39, 0.29) is 0 Å². The Morgan fingerprint density at radius 3 is 2.53 bits per heavy atom. The molecule has 15 heavy (non-hydrogen) atoms. The third kappa shape index (κ3) is 3.45. The Morgan fingerprint density at radius 2 is 1.93 bits per heavy atom. The van der Waals surface area contributed by atoms with Crippen molar-refractivity contribution in [3.05, 3.63) is 29.3 Å². The lowest BCUT2D eigenvalue weighted by atomic mass is 10.1. The third-order valence-corrected chi connectivity index (χ3v) is 4.48. The fourth-order valence-electron chi connectivity index (χ4n) is 1.27. The lowest BCUT2D eigenvalue weighted by Gasteiger charge is -2.16. The second kappa shape index (κ2) is 5.45. The van der Waals surface area contributed by atoms with Crippen LogP contribution in [0.1, 0.15) is 31.9 Å². The Kier molecular flexibility index (Phi) is 4.52. The minimum Gasteiger partial charge on any atom is -0.399 e. The highest BCUT2D eigenvalue weighted by molar-refractivity contribution is 7.99. The summed E-state index contributed by atoms with van der Waals surface area (Å²) < 4.78 is 0. The van der Waals surface area contributed by atoms with Crippen molar-refractivity contribution < 1.29 is 0 Å². The fourth-order valence-corrected chi connectivity index (χ4v) is 2.41. The smallest absolute Gasteiger partial charge is 0.0346 e. The van der Waals surface area contributed by atoms with Crippen LogP contribution in [-0.2, 0) is 5.75 Å². The van der Waals surface area contributed by atoms with Gasteiger partial charge in [-0.25, -0.2) is 0 Å². The van der Waals surface area contributed by atoms with Gasteiger partial charge in [-0.05, 0) is 30.0 Å². The predicted octanol–water partition coefficient (Wildman–Crippen LogP) is 3.85. The molecule has 0 fully saturated rings. The van der Waals surface area contributed by atoms with E-state index in [1.807, 2.05) is 23.9 Å². The first-order valence-corrected chi connectivity index (χ1v) is 6.52. The van der Waals surface area contributed by atoms with E-state index in [1.54, 1.807) is 0 Å². The van der Waals surface area contributed by atoms with Crippen molar-refractivity contribution in [1.82, 2.24) is 0 Å². The van der Waals surface area contributed by atoms with E-state index in [1.165, 1.54) is 11.1 Å². The molecule has 0 radical (unpaired) electrons. The van der Waals surface area contributed by atoms with E-state index in [0.717, 1.165) is 17.4 Å². The zero-order valence-corrected chi connectivity index (χ0v) is 10.9. The van der Waals surface area contributed by atoms with Gasteiger partial charge < -0.3 is 5.73 Å². The van der Waals surface area contributed by atoms with Gasteiger partial charge in [-0.15, -0.1) is 0 Å². The van der Waals surface area contributed by atoms with E-state index in [0.29, 0.717) is 5.25 Å². The molecule has 0 amide bonds. The van der Waals surface area contributed by atoms with E-state index < -0.39 is 0 Å². The summed E-state index contributed by atoms with van der Waals surface area (Å²) in [6.07, 6.45) is 0. The molecule has 1 rings (SSSR count). The van der Waals surface area contributed by atoms with Gasteiger partial charge in [0.05, 0.1) is 0 Å². The molecule has 0 saturated carbocycles. The zero-order valence-electron chi connectivity index (χ0n) is 10.1. The monoisotopic (exact) mass is 223 g/mol. The highest BCUT2D eigenvalue weighted by Gasteiger charge is 2.09. The average molecular weight is 223 g/mol. The number of nitrogen functional groups attached to an aromatic ring is 1. The molecule has 1 unspecified atom stereocenters. The number of nitrogens with two attached hydrogens (primary N) is 1. The van der Waals surface area contributed by atoms with Crippen LogP contribution >= 0.6 is 11.8 Å². The molecule has 1 nitrogen and oxygen atoms in total. The molecule has 2 N–H and O–H groups in total. The summed E-state index contributed by atoms with van der Waals surface area (Å²) in [5.41, 5.74) is 9.39. The van der Waals surface area contributed by atoms with Gasteiger partial charge in [0.15, 0.2) is 0 Å². The minimum atomic E-state index is 0.700. The maximum Gasteiger partial charge on any atom is 0.0346 e. The molecule has 0 heterocycles. The molecular weight excluding hydrogens is 202 g/mol. The standard InChI is InChI=1S/C13H21NS/c1-9(2)11(4)15-8-12-6-5-7-13(14)10(12)3/h5-7,9,11H,8,14H2,1-4H3. The number of anilines is 1. The van der Waals surface area contributed by atoms with Crippen molar-refractivity contribution in [2.75, 3.05) is 5.73 Å². The van der Waals surface area contributed by atoms with Gasteiger partial charge in [0.1, 0.15) is 0 Å². The molecule has 1 atom stereocenters.